The van der Waals surface area contributed by atoms with Crippen molar-refractivity contribution >= 4 is 11.5 Å². The van der Waals surface area contributed by atoms with E-state index in [4.69, 9.17) is 4.74 Å². The van der Waals surface area contributed by atoms with Crippen molar-refractivity contribution in [3.8, 4) is 0 Å². The van der Waals surface area contributed by atoms with E-state index in [2.05, 4.69) is 10.1 Å². The number of aryl methyl sites for hydroxylation is 1. The molecule has 2 rings (SSSR count). The Morgan fingerprint density at radius 3 is 2.62 bits per heavy atom. The second-order valence-electron chi connectivity index (χ2n) is 6.08. The van der Waals surface area contributed by atoms with Crippen LogP contribution in [0.2, 0.25) is 0 Å². The SMILES string of the molecule is CC(C)OCC1=NC(C(F)(F)F)CCC1C(=O)c1c[nH]n(C)c1=O. The molecule has 0 radical (unpaired) electrons. The highest BCUT2D eigenvalue weighted by atomic mass is 19.4. The van der Waals surface area contributed by atoms with Gasteiger partial charge in [0.05, 0.1) is 18.6 Å². The molecule has 24 heavy (non-hydrogen) atoms. The predicted molar refractivity (Wildman–Crippen MR) is 81.5 cm³/mol. The van der Waals surface area contributed by atoms with E-state index in [1.54, 1.807) is 13.8 Å². The van der Waals surface area contributed by atoms with E-state index < -0.39 is 29.5 Å². The number of aliphatic imine (C=N–C) groups is 1. The highest BCUT2D eigenvalue weighted by Crippen LogP contribution is 2.32. The van der Waals surface area contributed by atoms with E-state index in [9.17, 15) is 22.8 Å². The summed E-state index contributed by atoms with van der Waals surface area (Å²) in [5.41, 5.74) is -0.544. The van der Waals surface area contributed by atoms with Gasteiger partial charge in [-0.3, -0.25) is 19.3 Å². The van der Waals surface area contributed by atoms with Gasteiger partial charge < -0.3 is 9.84 Å². The van der Waals surface area contributed by atoms with Crippen molar-refractivity contribution in [1.82, 2.24) is 9.78 Å². The molecule has 0 aliphatic carbocycles. The zero-order valence-corrected chi connectivity index (χ0v) is 13.7. The van der Waals surface area contributed by atoms with Crippen LogP contribution in [0, 0.1) is 5.92 Å². The molecule has 0 saturated heterocycles. The van der Waals surface area contributed by atoms with Gasteiger partial charge >= 0.3 is 6.18 Å². The van der Waals surface area contributed by atoms with Crippen LogP contribution in [-0.2, 0) is 11.8 Å². The number of ether oxygens (including phenoxy) is 1. The first kappa shape index (κ1) is 18.4. The average molecular weight is 347 g/mol. The van der Waals surface area contributed by atoms with Gasteiger partial charge in [0.2, 0.25) is 0 Å². The third-order valence-corrected chi connectivity index (χ3v) is 3.91. The number of halogens is 3. The Hall–Kier alpha value is -1.90. The van der Waals surface area contributed by atoms with Gasteiger partial charge in [-0.1, -0.05) is 0 Å². The first-order valence-electron chi connectivity index (χ1n) is 7.64. The maximum Gasteiger partial charge on any atom is 0.410 e. The molecule has 0 aromatic carbocycles. The van der Waals surface area contributed by atoms with E-state index in [1.165, 1.54) is 13.2 Å². The summed E-state index contributed by atoms with van der Waals surface area (Å²) in [4.78, 5) is 28.2. The molecule has 6 nitrogen and oxygen atoms in total. The zero-order chi connectivity index (χ0) is 18.1. The number of aromatic nitrogens is 2. The first-order valence-corrected chi connectivity index (χ1v) is 7.64. The van der Waals surface area contributed by atoms with Crippen molar-refractivity contribution in [3.63, 3.8) is 0 Å². The maximum absolute atomic E-state index is 12.9. The summed E-state index contributed by atoms with van der Waals surface area (Å²) in [7, 11) is 1.45. The molecule has 0 amide bonds. The molecule has 2 unspecified atom stereocenters. The molecule has 0 spiro atoms. The lowest BCUT2D eigenvalue weighted by atomic mass is 9.86. The zero-order valence-electron chi connectivity index (χ0n) is 13.7. The van der Waals surface area contributed by atoms with Crippen molar-refractivity contribution in [2.75, 3.05) is 6.61 Å². The fourth-order valence-electron chi connectivity index (χ4n) is 2.58. The summed E-state index contributed by atoms with van der Waals surface area (Å²) in [6.45, 7) is 3.32. The van der Waals surface area contributed by atoms with Crippen molar-refractivity contribution < 1.29 is 22.7 Å². The van der Waals surface area contributed by atoms with Crippen molar-refractivity contribution in [2.45, 2.75) is 45.0 Å². The monoisotopic (exact) mass is 347 g/mol. The number of ketones is 1. The molecular weight excluding hydrogens is 327 g/mol. The lowest BCUT2D eigenvalue weighted by Gasteiger charge is -2.28. The Bertz CT molecular complexity index is 688. The number of nitrogens with one attached hydrogen (secondary N) is 1. The Morgan fingerprint density at radius 1 is 1.46 bits per heavy atom. The minimum Gasteiger partial charge on any atom is -0.373 e. The van der Waals surface area contributed by atoms with Gasteiger partial charge in [-0.2, -0.15) is 13.2 Å². The van der Waals surface area contributed by atoms with Crippen LogP contribution in [0.4, 0.5) is 13.2 Å². The van der Waals surface area contributed by atoms with Crippen LogP contribution < -0.4 is 5.56 Å². The highest BCUT2D eigenvalue weighted by Gasteiger charge is 2.44. The Balaban J connectivity index is 2.31. The fraction of sp³-hybridized carbons (Fsp3) is 0.667. The molecule has 0 fully saturated rings. The van der Waals surface area contributed by atoms with Gasteiger partial charge in [0.15, 0.2) is 5.78 Å². The summed E-state index contributed by atoms with van der Waals surface area (Å²) in [5, 5.41) is 2.59. The van der Waals surface area contributed by atoms with Crippen molar-refractivity contribution in [3.05, 3.63) is 22.1 Å². The normalized spacial score (nSPS) is 21.9. The number of Topliss-reactive ketones (excluding diaryl/α,β-unsaturated/α-hetero) is 1. The van der Waals surface area contributed by atoms with Crippen molar-refractivity contribution in [1.29, 1.82) is 0 Å². The van der Waals surface area contributed by atoms with Gasteiger partial charge in [0.1, 0.15) is 11.6 Å². The highest BCUT2D eigenvalue weighted by molar-refractivity contribution is 6.13. The molecule has 1 aromatic heterocycles. The molecule has 0 saturated carbocycles. The molecule has 1 aliphatic heterocycles. The molecule has 2 heterocycles. The number of carbonyl (C=O) groups is 1. The van der Waals surface area contributed by atoms with E-state index >= 15 is 0 Å². The van der Waals surface area contributed by atoms with Gasteiger partial charge in [-0.25, -0.2) is 0 Å². The van der Waals surface area contributed by atoms with Crippen LogP contribution in [0.15, 0.2) is 16.0 Å². The van der Waals surface area contributed by atoms with E-state index in [1.807, 2.05) is 0 Å². The maximum atomic E-state index is 12.9. The summed E-state index contributed by atoms with van der Waals surface area (Å²) in [6, 6.07) is -1.83. The number of aromatic amines is 1. The van der Waals surface area contributed by atoms with Crippen LogP contribution in [0.1, 0.15) is 37.0 Å². The predicted octanol–water partition coefficient (Wildman–Crippen LogP) is 2.10. The topological polar surface area (TPSA) is 76.4 Å². The number of hydrogen-bond donors (Lipinski definition) is 1. The fourth-order valence-corrected chi connectivity index (χ4v) is 2.58. The van der Waals surface area contributed by atoms with Crippen LogP contribution in [0.25, 0.3) is 0 Å². The Morgan fingerprint density at radius 2 is 2.12 bits per heavy atom. The standard InChI is InChI=1S/C15H20F3N3O3/c1-8(2)24-7-11-9(4-5-12(20-11)15(16,17)18)13(22)10-6-19-21(3)14(10)23/h6,8-9,12,19H,4-5,7H2,1-3H3. The first-order chi connectivity index (χ1) is 11.1. The van der Waals surface area contributed by atoms with Crippen LogP contribution in [0.5, 0.6) is 0 Å². The summed E-state index contributed by atoms with van der Waals surface area (Å²) in [6.07, 6.45) is -3.70. The van der Waals surface area contributed by atoms with Gasteiger partial charge in [0.25, 0.3) is 5.56 Å². The number of hydrogen-bond acceptors (Lipinski definition) is 4. The lowest BCUT2D eigenvalue weighted by Crippen LogP contribution is -2.40. The van der Waals surface area contributed by atoms with Crippen molar-refractivity contribution in [2.24, 2.45) is 18.0 Å². The van der Waals surface area contributed by atoms with E-state index in [0.717, 1.165) is 4.68 Å². The number of rotatable bonds is 5. The smallest absolute Gasteiger partial charge is 0.373 e. The van der Waals surface area contributed by atoms with Gasteiger partial charge in [0, 0.05) is 19.0 Å². The number of H-pyrrole nitrogens is 1. The number of carbonyl (C=O) groups excluding carboxylic acids is 1. The van der Waals surface area contributed by atoms with E-state index in [-0.39, 0.29) is 36.8 Å². The molecule has 134 valence electrons. The average Bonchev–Trinajstić information content (AvgIpc) is 2.83. The molecule has 1 aliphatic rings. The lowest BCUT2D eigenvalue weighted by molar-refractivity contribution is -0.149. The van der Waals surface area contributed by atoms with E-state index in [0.29, 0.717) is 0 Å². The third-order valence-electron chi connectivity index (χ3n) is 3.91. The Labute approximate surface area is 136 Å². The van der Waals surface area contributed by atoms with Crippen LogP contribution in [0.3, 0.4) is 0 Å². The van der Waals surface area contributed by atoms with Gasteiger partial charge in [-0.15, -0.1) is 0 Å². The molecule has 1 aromatic rings. The molecular formula is C15H20F3N3O3. The minimum absolute atomic E-state index is 0.0162. The minimum atomic E-state index is -4.46. The number of alkyl halides is 3. The third kappa shape index (κ3) is 3.95. The molecule has 9 heteroatoms. The second kappa shape index (κ2) is 6.92. The Kier molecular flexibility index (Phi) is 5.32. The second-order valence-corrected chi connectivity index (χ2v) is 6.08. The summed E-state index contributed by atoms with van der Waals surface area (Å²) in [5.74, 6) is -1.39. The van der Waals surface area contributed by atoms with Crippen LogP contribution >= 0.6 is 0 Å². The summed E-state index contributed by atoms with van der Waals surface area (Å²) >= 11 is 0. The molecule has 0 bridgehead atoms. The number of nitrogens with zero attached hydrogens (tertiary/aromatic N) is 2. The molecule has 2 atom stereocenters. The largest absolute Gasteiger partial charge is 0.410 e. The summed E-state index contributed by atoms with van der Waals surface area (Å²) < 4.78 is 45.3. The van der Waals surface area contributed by atoms with Crippen LogP contribution in [-0.4, -0.2) is 46.2 Å². The van der Waals surface area contributed by atoms with Gasteiger partial charge in [-0.05, 0) is 26.7 Å². The molecule has 1 N–H and O–H groups in total. The quantitative estimate of drug-likeness (QED) is 0.829.